The van der Waals surface area contributed by atoms with Crippen molar-refractivity contribution in [1.82, 2.24) is 5.32 Å². The molecule has 0 amide bonds. The minimum absolute atomic E-state index is 0.0807. The Hall–Kier alpha value is -1.01. The first-order valence-electron chi connectivity index (χ1n) is 5.84. The minimum atomic E-state index is -0.869. The Morgan fingerprint density at radius 2 is 2.00 bits per heavy atom. The highest BCUT2D eigenvalue weighted by molar-refractivity contribution is 5.19. The zero-order chi connectivity index (χ0) is 13.4. The van der Waals surface area contributed by atoms with E-state index in [0.717, 1.165) is 0 Å². The molecule has 0 aliphatic carbocycles. The van der Waals surface area contributed by atoms with Gasteiger partial charge in [0.1, 0.15) is 5.82 Å². The third kappa shape index (κ3) is 4.70. The van der Waals surface area contributed by atoms with E-state index in [1.54, 1.807) is 32.4 Å². The third-order valence-electron chi connectivity index (χ3n) is 2.66. The first-order chi connectivity index (χ1) is 8.69. The Balaban J connectivity index is 2.37. The van der Waals surface area contributed by atoms with E-state index in [4.69, 9.17) is 9.47 Å². The third-order valence-corrected chi connectivity index (χ3v) is 2.66. The zero-order valence-electron chi connectivity index (χ0n) is 10.7. The Morgan fingerprint density at radius 3 is 2.61 bits per heavy atom. The molecule has 2 atom stereocenters. The second kappa shape index (κ2) is 8.16. The predicted molar refractivity (Wildman–Crippen MR) is 66.9 cm³/mol. The van der Waals surface area contributed by atoms with Gasteiger partial charge < -0.3 is 19.9 Å². The standard InChI is InChI=1S/C13H20FNO3/c1-17-9-10(18-2)7-15-8-13(16)11-5-3-4-6-12(11)14/h3-6,10,13,15-16H,7-9H2,1-2H3. The van der Waals surface area contributed by atoms with E-state index >= 15 is 0 Å². The lowest BCUT2D eigenvalue weighted by molar-refractivity contribution is 0.0269. The average molecular weight is 257 g/mol. The van der Waals surface area contributed by atoms with Crippen LogP contribution in [0.15, 0.2) is 24.3 Å². The number of nitrogens with one attached hydrogen (secondary N) is 1. The molecule has 0 fully saturated rings. The first-order valence-corrected chi connectivity index (χ1v) is 5.84. The van der Waals surface area contributed by atoms with E-state index in [9.17, 15) is 9.50 Å². The molecule has 0 saturated carbocycles. The molecule has 0 bridgehead atoms. The van der Waals surface area contributed by atoms with Crippen LogP contribution in [0.4, 0.5) is 4.39 Å². The molecular weight excluding hydrogens is 237 g/mol. The van der Waals surface area contributed by atoms with Crippen molar-refractivity contribution in [1.29, 1.82) is 0 Å². The maximum absolute atomic E-state index is 13.4. The van der Waals surface area contributed by atoms with Crippen LogP contribution in [0.25, 0.3) is 0 Å². The van der Waals surface area contributed by atoms with Gasteiger partial charge in [0.25, 0.3) is 0 Å². The van der Waals surface area contributed by atoms with Gasteiger partial charge in [-0.05, 0) is 6.07 Å². The van der Waals surface area contributed by atoms with Gasteiger partial charge in [-0.2, -0.15) is 0 Å². The topological polar surface area (TPSA) is 50.7 Å². The summed E-state index contributed by atoms with van der Waals surface area (Å²) in [5, 5.41) is 12.9. The van der Waals surface area contributed by atoms with Crippen LogP contribution in [0, 0.1) is 5.82 Å². The normalized spacial score (nSPS) is 14.4. The number of methoxy groups -OCH3 is 2. The van der Waals surface area contributed by atoms with Crippen molar-refractivity contribution in [3.05, 3.63) is 35.6 Å². The molecule has 1 aromatic carbocycles. The molecule has 18 heavy (non-hydrogen) atoms. The summed E-state index contributed by atoms with van der Waals surface area (Å²) >= 11 is 0. The summed E-state index contributed by atoms with van der Waals surface area (Å²) in [6.07, 6.45) is -0.950. The number of halogens is 1. The van der Waals surface area contributed by atoms with Gasteiger partial charge in [-0.25, -0.2) is 4.39 Å². The van der Waals surface area contributed by atoms with E-state index in [2.05, 4.69) is 5.32 Å². The van der Waals surface area contributed by atoms with Crippen molar-refractivity contribution in [2.75, 3.05) is 33.9 Å². The molecule has 0 spiro atoms. The smallest absolute Gasteiger partial charge is 0.129 e. The van der Waals surface area contributed by atoms with Crippen molar-refractivity contribution in [3.8, 4) is 0 Å². The van der Waals surface area contributed by atoms with E-state index in [-0.39, 0.29) is 12.6 Å². The highest BCUT2D eigenvalue weighted by atomic mass is 19.1. The molecule has 2 unspecified atom stereocenters. The van der Waals surface area contributed by atoms with Crippen molar-refractivity contribution < 1.29 is 19.0 Å². The minimum Gasteiger partial charge on any atom is -0.387 e. The zero-order valence-corrected chi connectivity index (χ0v) is 10.7. The van der Waals surface area contributed by atoms with E-state index in [0.29, 0.717) is 18.7 Å². The molecule has 0 heterocycles. The molecule has 0 radical (unpaired) electrons. The molecule has 102 valence electrons. The van der Waals surface area contributed by atoms with E-state index in [1.807, 2.05) is 0 Å². The van der Waals surface area contributed by atoms with E-state index in [1.165, 1.54) is 6.07 Å². The van der Waals surface area contributed by atoms with Gasteiger partial charge in [-0.3, -0.25) is 0 Å². The van der Waals surface area contributed by atoms with Crippen LogP contribution in [-0.2, 0) is 9.47 Å². The molecule has 4 nitrogen and oxygen atoms in total. The highest BCUT2D eigenvalue weighted by Crippen LogP contribution is 2.15. The fourth-order valence-corrected chi connectivity index (χ4v) is 1.63. The number of ether oxygens (including phenoxy) is 2. The van der Waals surface area contributed by atoms with Crippen LogP contribution < -0.4 is 5.32 Å². The highest BCUT2D eigenvalue weighted by Gasteiger charge is 2.13. The quantitative estimate of drug-likeness (QED) is 0.732. The molecular formula is C13H20FNO3. The Morgan fingerprint density at radius 1 is 1.28 bits per heavy atom. The van der Waals surface area contributed by atoms with Crippen molar-refractivity contribution in [2.24, 2.45) is 0 Å². The summed E-state index contributed by atoms with van der Waals surface area (Å²) in [7, 11) is 3.19. The molecule has 0 aromatic heterocycles. The molecule has 0 saturated heterocycles. The average Bonchev–Trinajstić information content (AvgIpc) is 2.38. The maximum atomic E-state index is 13.4. The lowest BCUT2D eigenvalue weighted by Gasteiger charge is -2.17. The van der Waals surface area contributed by atoms with Gasteiger partial charge in [0.15, 0.2) is 0 Å². The van der Waals surface area contributed by atoms with Crippen LogP contribution in [0.5, 0.6) is 0 Å². The SMILES string of the molecule is COCC(CNCC(O)c1ccccc1F)OC. The Labute approximate surface area is 107 Å². The summed E-state index contributed by atoms with van der Waals surface area (Å²) in [6, 6.07) is 6.20. The van der Waals surface area contributed by atoms with Crippen LogP contribution >= 0.6 is 0 Å². The number of hydrogen-bond donors (Lipinski definition) is 2. The van der Waals surface area contributed by atoms with Crippen LogP contribution in [0.3, 0.4) is 0 Å². The van der Waals surface area contributed by atoms with Crippen molar-refractivity contribution in [2.45, 2.75) is 12.2 Å². The molecule has 1 rings (SSSR count). The maximum Gasteiger partial charge on any atom is 0.129 e. The van der Waals surface area contributed by atoms with E-state index < -0.39 is 11.9 Å². The van der Waals surface area contributed by atoms with Gasteiger partial charge in [0, 0.05) is 32.9 Å². The second-order valence-corrected chi connectivity index (χ2v) is 4.01. The van der Waals surface area contributed by atoms with Gasteiger partial charge >= 0.3 is 0 Å². The van der Waals surface area contributed by atoms with Gasteiger partial charge in [0.2, 0.25) is 0 Å². The summed E-state index contributed by atoms with van der Waals surface area (Å²) in [4.78, 5) is 0. The van der Waals surface area contributed by atoms with Crippen LogP contribution in [-0.4, -0.2) is 45.1 Å². The lowest BCUT2D eigenvalue weighted by Crippen LogP contribution is -2.34. The Bertz CT molecular complexity index is 349. The second-order valence-electron chi connectivity index (χ2n) is 4.01. The number of hydrogen-bond acceptors (Lipinski definition) is 4. The lowest BCUT2D eigenvalue weighted by atomic mass is 10.1. The number of aliphatic hydroxyl groups is 1. The molecule has 0 aliphatic heterocycles. The fourth-order valence-electron chi connectivity index (χ4n) is 1.63. The fraction of sp³-hybridized carbons (Fsp3) is 0.538. The predicted octanol–water partition coefficient (Wildman–Crippen LogP) is 1.11. The largest absolute Gasteiger partial charge is 0.387 e. The molecule has 5 heteroatoms. The number of aliphatic hydroxyl groups excluding tert-OH is 1. The first kappa shape index (κ1) is 15.0. The summed E-state index contributed by atoms with van der Waals surface area (Å²) < 4.78 is 23.5. The summed E-state index contributed by atoms with van der Waals surface area (Å²) in [6.45, 7) is 1.28. The number of rotatable bonds is 8. The Kier molecular flexibility index (Phi) is 6.82. The summed E-state index contributed by atoms with van der Waals surface area (Å²) in [5.74, 6) is -0.396. The van der Waals surface area contributed by atoms with Gasteiger partial charge in [0.05, 0.1) is 18.8 Å². The van der Waals surface area contributed by atoms with Crippen molar-refractivity contribution in [3.63, 3.8) is 0 Å². The van der Waals surface area contributed by atoms with Crippen molar-refractivity contribution >= 4 is 0 Å². The van der Waals surface area contributed by atoms with Crippen LogP contribution in [0.2, 0.25) is 0 Å². The van der Waals surface area contributed by atoms with Gasteiger partial charge in [-0.15, -0.1) is 0 Å². The van der Waals surface area contributed by atoms with Crippen LogP contribution in [0.1, 0.15) is 11.7 Å². The summed E-state index contributed by atoms with van der Waals surface area (Å²) in [5.41, 5.74) is 0.297. The van der Waals surface area contributed by atoms with Gasteiger partial charge in [-0.1, -0.05) is 18.2 Å². The molecule has 2 N–H and O–H groups in total. The monoisotopic (exact) mass is 257 g/mol. The molecule has 0 aliphatic rings. The number of benzene rings is 1. The molecule has 1 aromatic rings.